The zero-order chi connectivity index (χ0) is 17.0. The van der Waals surface area contributed by atoms with E-state index in [4.69, 9.17) is 4.74 Å². The van der Waals surface area contributed by atoms with E-state index in [2.05, 4.69) is 5.32 Å². The van der Waals surface area contributed by atoms with Gasteiger partial charge in [0.2, 0.25) is 5.91 Å². The quantitative estimate of drug-likeness (QED) is 0.858. The van der Waals surface area contributed by atoms with Crippen molar-refractivity contribution < 1.29 is 27.1 Å². The van der Waals surface area contributed by atoms with Crippen LogP contribution < -0.4 is 5.32 Å². The molecule has 4 nitrogen and oxygen atoms in total. The lowest BCUT2D eigenvalue weighted by Gasteiger charge is -2.33. The number of alkyl halides is 3. The molecule has 0 unspecified atom stereocenters. The fraction of sp³-hybridized carbons (Fsp3) is 0.533. The predicted octanol–water partition coefficient (Wildman–Crippen LogP) is 2.18. The Hall–Kier alpha value is -1.67. The number of nitrogens with one attached hydrogen (secondary N) is 1. The van der Waals surface area contributed by atoms with E-state index < -0.39 is 17.6 Å². The number of carbonyl (C=O) groups excluding carboxylic acids is 1. The minimum Gasteiger partial charge on any atom is -0.374 e. The van der Waals surface area contributed by atoms with Gasteiger partial charge in [0.15, 0.2) is 0 Å². The van der Waals surface area contributed by atoms with Crippen LogP contribution >= 0.6 is 0 Å². The Morgan fingerprint density at radius 3 is 2.83 bits per heavy atom. The van der Waals surface area contributed by atoms with Crippen molar-refractivity contribution in [2.45, 2.75) is 25.7 Å². The highest BCUT2D eigenvalue weighted by Gasteiger charge is 2.34. The molecule has 23 heavy (non-hydrogen) atoms. The van der Waals surface area contributed by atoms with Crippen molar-refractivity contribution in [2.24, 2.45) is 0 Å². The van der Waals surface area contributed by atoms with E-state index in [1.54, 1.807) is 4.90 Å². The molecule has 1 saturated heterocycles. The Labute approximate surface area is 131 Å². The molecule has 128 valence electrons. The molecule has 0 bridgehead atoms. The van der Waals surface area contributed by atoms with Crippen LogP contribution in [0.3, 0.4) is 0 Å². The second kappa shape index (κ2) is 7.27. The van der Waals surface area contributed by atoms with Crippen LogP contribution in [0.25, 0.3) is 0 Å². The monoisotopic (exact) mass is 334 g/mol. The third kappa shape index (κ3) is 5.18. The zero-order valence-electron chi connectivity index (χ0n) is 12.6. The number of benzene rings is 1. The van der Waals surface area contributed by atoms with E-state index in [9.17, 15) is 22.4 Å². The minimum absolute atomic E-state index is 0.0269. The van der Waals surface area contributed by atoms with Gasteiger partial charge in [0.1, 0.15) is 5.82 Å². The Balaban J connectivity index is 2.05. The third-order valence-electron chi connectivity index (χ3n) is 3.57. The largest absolute Gasteiger partial charge is 0.416 e. The van der Waals surface area contributed by atoms with Crippen LogP contribution in [0.1, 0.15) is 18.1 Å². The molecule has 0 radical (unpaired) electrons. The number of amides is 1. The first-order valence-electron chi connectivity index (χ1n) is 7.19. The van der Waals surface area contributed by atoms with Gasteiger partial charge in [-0.05, 0) is 17.7 Å². The lowest BCUT2D eigenvalue weighted by Crippen LogP contribution is -2.47. The number of carbonyl (C=O) groups is 1. The second-order valence-electron chi connectivity index (χ2n) is 5.46. The number of morpholine rings is 1. The summed E-state index contributed by atoms with van der Waals surface area (Å²) in [5.41, 5.74) is -0.929. The maximum Gasteiger partial charge on any atom is 0.416 e. The van der Waals surface area contributed by atoms with Crippen molar-refractivity contribution in [1.82, 2.24) is 10.2 Å². The van der Waals surface area contributed by atoms with Crippen LogP contribution in [0, 0.1) is 5.82 Å². The summed E-state index contributed by atoms with van der Waals surface area (Å²) in [6, 6.07) is 2.71. The van der Waals surface area contributed by atoms with E-state index in [-0.39, 0.29) is 24.1 Å². The molecule has 0 aliphatic carbocycles. The topological polar surface area (TPSA) is 41.6 Å². The summed E-state index contributed by atoms with van der Waals surface area (Å²) in [6.07, 6.45) is -4.87. The van der Waals surface area contributed by atoms with Crippen LogP contribution in [0.5, 0.6) is 0 Å². The molecule has 1 aliphatic heterocycles. The normalized spacial score (nSPS) is 19.6. The van der Waals surface area contributed by atoms with Crippen molar-refractivity contribution in [3.05, 3.63) is 35.1 Å². The van der Waals surface area contributed by atoms with E-state index in [0.29, 0.717) is 32.3 Å². The summed E-state index contributed by atoms with van der Waals surface area (Å²) in [6.45, 7) is 2.98. The van der Waals surface area contributed by atoms with Gasteiger partial charge in [-0.2, -0.15) is 13.2 Å². The zero-order valence-corrected chi connectivity index (χ0v) is 12.6. The molecule has 0 spiro atoms. The van der Waals surface area contributed by atoms with Crippen LogP contribution in [-0.2, 0) is 22.3 Å². The highest BCUT2D eigenvalue weighted by molar-refractivity contribution is 5.72. The summed E-state index contributed by atoms with van der Waals surface area (Å²) in [4.78, 5) is 12.7. The standard InChI is InChI=1S/C15H18F4N2O2/c1-10(22)20-7-13-9-21(4-5-23-13)8-11-2-3-12(16)6-14(11)15(17,18)19/h2-3,6,13H,4-5,7-9H2,1H3,(H,20,22)/t13-/m1/s1. The third-order valence-corrected chi connectivity index (χ3v) is 3.57. The molecule has 1 fully saturated rings. The highest BCUT2D eigenvalue weighted by Crippen LogP contribution is 2.33. The number of halogens is 4. The van der Waals surface area contributed by atoms with Gasteiger partial charge in [0.25, 0.3) is 0 Å². The summed E-state index contributed by atoms with van der Waals surface area (Å²) < 4.78 is 57.6. The van der Waals surface area contributed by atoms with Gasteiger partial charge in [-0.25, -0.2) is 4.39 Å². The van der Waals surface area contributed by atoms with Gasteiger partial charge in [0, 0.05) is 33.1 Å². The van der Waals surface area contributed by atoms with E-state index in [0.717, 1.165) is 12.1 Å². The molecule has 8 heteroatoms. The smallest absolute Gasteiger partial charge is 0.374 e. The molecular weight excluding hydrogens is 316 g/mol. The van der Waals surface area contributed by atoms with Crippen molar-refractivity contribution in [3.8, 4) is 0 Å². The lowest BCUT2D eigenvalue weighted by atomic mass is 10.1. The van der Waals surface area contributed by atoms with Gasteiger partial charge in [-0.3, -0.25) is 9.69 Å². The number of hydrogen-bond donors (Lipinski definition) is 1. The predicted molar refractivity (Wildman–Crippen MR) is 75.1 cm³/mol. The minimum atomic E-state index is -4.60. The Morgan fingerprint density at radius 2 is 2.17 bits per heavy atom. The van der Waals surface area contributed by atoms with Crippen LogP contribution in [0.2, 0.25) is 0 Å². The van der Waals surface area contributed by atoms with Gasteiger partial charge < -0.3 is 10.1 Å². The number of ether oxygens (including phenoxy) is 1. The first-order valence-corrected chi connectivity index (χ1v) is 7.19. The maximum atomic E-state index is 13.1. The Kier molecular flexibility index (Phi) is 5.59. The number of nitrogens with zero attached hydrogens (tertiary/aromatic N) is 1. The summed E-state index contributed by atoms with van der Waals surface area (Å²) in [5, 5.41) is 2.62. The number of rotatable bonds is 4. The Morgan fingerprint density at radius 1 is 1.43 bits per heavy atom. The van der Waals surface area contributed by atoms with E-state index >= 15 is 0 Å². The lowest BCUT2D eigenvalue weighted by molar-refractivity contribution is -0.138. The molecular formula is C15H18F4N2O2. The molecule has 1 atom stereocenters. The molecule has 1 N–H and O–H groups in total. The van der Waals surface area contributed by atoms with Crippen LogP contribution in [0.15, 0.2) is 18.2 Å². The molecule has 1 aliphatic rings. The summed E-state index contributed by atoms with van der Waals surface area (Å²) >= 11 is 0. The average molecular weight is 334 g/mol. The van der Waals surface area contributed by atoms with Crippen molar-refractivity contribution in [3.63, 3.8) is 0 Å². The fourth-order valence-electron chi connectivity index (χ4n) is 2.50. The van der Waals surface area contributed by atoms with Gasteiger partial charge in [-0.1, -0.05) is 6.07 Å². The van der Waals surface area contributed by atoms with Crippen LogP contribution in [-0.4, -0.2) is 43.2 Å². The first kappa shape index (κ1) is 17.7. The molecule has 1 heterocycles. The maximum absolute atomic E-state index is 13.1. The molecule has 1 aromatic rings. The van der Waals surface area contributed by atoms with Gasteiger partial charge in [0.05, 0.1) is 18.3 Å². The molecule has 2 rings (SSSR count). The molecule has 0 aromatic heterocycles. The molecule has 1 amide bonds. The van der Waals surface area contributed by atoms with Crippen molar-refractivity contribution in [2.75, 3.05) is 26.2 Å². The molecule has 0 saturated carbocycles. The Bertz CT molecular complexity index is 563. The highest BCUT2D eigenvalue weighted by atomic mass is 19.4. The van der Waals surface area contributed by atoms with E-state index in [1.165, 1.54) is 6.92 Å². The second-order valence-corrected chi connectivity index (χ2v) is 5.46. The fourth-order valence-corrected chi connectivity index (χ4v) is 2.50. The van der Waals surface area contributed by atoms with Gasteiger partial charge >= 0.3 is 6.18 Å². The molecule has 1 aromatic carbocycles. The summed E-state index contributed by atoms with van der Waals surface area (Å²) in [5.74, 6) is -1.10. The van der Waals surface area contributed by atoms with Gasteiger partial charge in [-0.15, -0.1) is 0 Å². The number of hydrogen-bond acceptors (Lipinski definition) is 3. The summed E-state index contributed by atoms with van der Waals surface area (Å²) in [7, 11) is 0. The first-order chi connectivity index (χ1) is 10.8. The van der Waals surface area contributed by atoms with E-state index in [1.807, 2.05) is 0 Å². The average Bonchev–Trinajstić information content (AvgIpc) is 2.46. The SMILES string of the molecule is CC(=O)NC[C@@H]1CN(Cc2ccc(F)cc2C(F)(F)F)CCO1. The van der Waals surface area contributed by atoms with Crippen LogP contribution in [0.4, 0.5) is 17.6 Å². The van der Waals surface area contributed by atoms with Crippen molar-refractivity contribution in [1.29, 1.82) is 0 Å². The van der Waals surface area contributed by atoms with Crippen molar-refractivity contribution >= 4 is 5.91 Å².